The summed E-state index contributed by atoms with van der Waals surface area (Å²) in [5.41, 5.74) is 6.70. The van der Waals surface area contributed by atoms with Gasteiger partial charge in [-0.3, -0.25) is 4.79 Å². The van der Waals surface area contributed by atoms with E-state index in [1.807, 2.05) is 12.1 Å². The molecule has 0 amide bonds. The van der Waals surface area contributed by atoms with E-state index in [-0.39, 0.29) is 5.97 Å². The highest BCUT2D eigenvalue weighted by atomic mass is 32.2. The van der Waals surface area contributed by atoms with Gasteiger partial charge >= 0.3 is 5.97 Å². The molecule has 0 N–H and O–H groups in total. The standard InChI is InChI=1S/C21H28O2SSi/c1-6-7-8-9-10-21-17-19(14-16-25(3,4)5)11-12-20(21)13-15-24-23-18(2)22/h11-12,17H,6-10H2,1-5H3. The van der Waals surface area contributed by atoms with Crippen LogP contribution in [0.4, 0.5) is 0 Å². The molecule has 2 nitrogen and oxygen atoms in total. The van der Waals surface area contributed by atoms with E-state index in [9.17, 15) is 4.79 Å². The molecule has 0 fully saturated rings. The summed E-state index contributed by atoms with van der Waals surface area (Å²) in [6.07, 6.45) is 5.89. The number of carbonyl (C=O) groups excluding carboxylic acids is 1. The van der Waals surface area contributed by atoms with Gasteiger partial charge in [-0.15, -0.1) is 5.54 Å². The molecule has 134 valence electrons. The molecule has 0 bridgehead atoms. The maximum absolute atomic E-state index is 10.8. The zero-order valence-corrected chi connectivity index (χ0v) is 17.8. The van der Waals surface area contributed by atoms with Crippen molar-refractivity contribution in [3.8, 4) is 22.6 Å². The Morgan fingerprint density at radius 3 is 2.56 bits per heavy atom. The third-order valence-electron chi connectivity index (χ3n) is 3.37. The lowest BCUT2D eigenvalue weighted by Gasteiger charge is -2.07. The molecule has 0 heterocycles. The van der Waals surface area contributed by atoms with Crippen LogP contribution in [0, 0.1) is 22.6 Å². The first-order valence-corrected chi connectivity index (χ1v) is 13.1. The summed E-state index contributed by atoms with van der Waals surface area (Å²) in [5.74, 6) is 6.09. The van der Waals surface area contributed by atoms with Gasteiger partial charge in [-0.25, -0.2) is 0 Å². The fraction of sp³-hybridized carbons (Fsp3) is 0.476. The zero-order chi connectivity index (χ0) is 18.7. The van der Waals surface area contributed by atoms with E-state index in [1.54, 1.807) is 0 Å². The number of rotatable bonds is 6. The molecule has 0 aromatic heterocycles. The van der Waals surface area contributed by atoms with Crippen LogP contribution in [0.5, 0.6) is 0 Å². The van der Waals surface area contributed by atoms with E-state index in [1.165, 1.54) is 31.7 Å². The smallest absolute Gasteiger partial charge is 0.315 e. The first kappa shape index (κ1) is 21.4. The SMILES string of the molecule is CCCCCCc1cc(C#C[Si](C)(C)C)ccc1C#CSOC(C)=O. The van der Waals surface area contributed by atoms with E-state index < -0.39 is 8.07 Å². The van der Waals surface area contributed by atoms with Gasteiger partial charge in [0, 0.05) is 23.3 Å². The lowest BCUT2D eigenvalue weighted by Crippen LogP contribution is -2.16. The molecule has 4 heteroatoms. The van der Waals surface area contributed by atoms with Gasteiger partial charge in [0.25, 0.3) is 0 Å². The first-order chi connectivity index (χ1) is 11.8. The normalized spacial score (nSPS) is 10.3. The molecule has 0 saturated carbocycles. The highest BCUT2D eigenvalue weighted by Crippen LogP contribution is 2.16. The zero-order valence-electron chi connectivity index (χ0n) is 16.0. The lowest BCUT2D eigenvalue weighted by molar-refractivity contribution is -0.130. The number of hydrogen-bond acceptors (Lipinski definition) is 3. The van der Waals surface area contributed by atoms with Crippen LogP contribution in [0.3, 0.4) is 0 Å². The monoisotopic (exact) mass is 372 g/mol. The highest BCUT2D eigenvalue weighted by molar-refractivity contribution is 7.99. The summed E-state index contributed by atoms with van der Waals surface area (Å²) in [6, 6.07) is 6.23. The second-order valence-electron chi connectivity index (χ2n) is 7.07. The topological polar surface area (TPSA) is 26.3 Å². The van der Waals surface area contributed by atoms with E-state index in [0.29, 0.717) is 0 Å². The van der Waals surface area contributed by atoms with Crippen molar-refractivity contribution in [3.05, 3.63) is 34.9 Å². The Bertz CT molecular complexity index is 697. The molecule has 1 rings (SSSR count). The van der Waals surface area contributed by atoms with Crippen LogP contribution in [0.15, 0.2) is 18.2 Å². The average molecular weight is 373 g/mol. The number of carbonyl (C=O) groups is 1. The number of aryl methyl sites for hydroxylation is 1. The van der Waals surface area contributed by atoms with Gasteiger partial charge in [-0.1, -0.05) is 57.7 Å². The van der Waals surface area contributed by atoms with Gasteiger partial charge < -0.3 is 4.18 Å². The Balaban J connectivity index is 2.96. The van der Waals surface area contributed by atoms with Gasteiger partial charge in [0.15, 0.2) is 0 Å². The third kappa shape index (κ3) is 10.1. The maximum Gasteiger partial charge on any atom is 0.315 e. The molecule has 0 spiro atoms. The Morgan fingerprint density at radius 2 is 1.92 bits per heavy atom. The summed E-state index contributed by atoms with van der Waals surface area (Å²) in [5, 5.41) is 2.85. The minimum atomic E-state index is -1.38. The van der Waals surface area contributed by atoms with Gasteiger partial charge in [-0.05, 0) is 36.6 Å². The van der Waals surface area contributed by atoms with E-state index in [0.717, 1.165) is 36.0 Å². The van der Waals surface area contributed by atoms with Gasteiger partial charge in [0.2, 0.25) is 0 Å². The van der Waals surface area contributed by atoms with Crippen LogP contribution >= 0.6 is 12.0 Å². The summed E-state index contributed by atoms with van der Waals surface area (Å²) >= 11 is 0.882. The average Bonchev–Trinajstić information content (AvgIpc) is 2.54. The molecule has 25 heavy (non-hydrogen) atoms. The number of benzene rings is 1. The quantitative estimate of drug-likeness (QED) is 0.283. The fourth-order valence-electron chi connectivity index (χ4n) is 2.16. The largest absolute Gasteiger partial charge is 0.378 e. The van der Waals surface area contributed by atoms with Crippen molar-refractivity contribution in [1.82, 2.24) is 0 Å². The van der Waals surface area contributed by atoms with Crippen LogP contribution < -0.4 is 0 Å². The van der Waals surface area contributed by atoms with Gasteiger partial charge in [0.1, 0.15) is 20.1 Å². The van der Waals surface area contributed by atoms with Crippen molar-refractivity contribution < 1.29 is 8.98 Å². The van der Waals surface area contributed by atoms with Crippen molar-refractivity contribution >= 4 is 26.1 Å². The predicted octanol–water partition coefficient (Wildman–Crippen LogP) is 5.56. The molecular weight excluding hydrogens is 344 g/mol. The van der Waals surface area contributed by atoms with Gasteiger partial charge in [0.05, 0.1) is 0 Å². The van der Waals surface area contributed by atoms with Gasteiger partial charge in [-0.2, -0.15) is 0 Å². The van der Waals surface area contributed by atoms with Crippen LogP contribution in [0.1, 0.15) is 56.2 Å². The lowest BCUT2D eigenvalue weighted by atomic mass is 9.99. The van der Waals surface area contributed by atoms with E-state index in [4.69, 9.17) is 4.18 Å². The Morgan fingerprint density at radius 1 is 1.16 bits per heavy atom. The Kier molecular flexibility index (Phi) is 9.49. The van der Waals surface area contributed by atoms with E-state index in [2.05, 4.69) is 55.3 Å². The minimum absolute atomic E-state index is 0.337. The summed E-state index contributed by atoms with van der Waals surface area (Å²) < 4.78 is 4.80. The van der Waals surface area contributed by atoms with Crippen LogP contribution in [-0.2, 0) is 15.4 Å². The Hall–Kier alpha value is -1.62. The van der Waals surface area contributed by atoms with Crippen LogP contribution in [0.25, 0.3) is 0 Å². The second kappa shape index (κ2) is 11.1. The molecule has 1 aromatic rings. The van der Waals surface area contributed by atoms with Crippen molar-refractivity contribution in [3.63, 3.8) is 0 Å². The maximum atomic E-state index is 10.8. The molecule has 0 saturated heterocycles. The second-order valence-corrected chi connectivity index (χ2v) is 12.4. The minimum Gasteiger partial charge on any atom is -0.378 e. The van der Waals surface area contributed by atoms with Crippen molar-refractivity contribution in [2.45, 2.75) is 65.6 Å². The summed E-state index contributed by atoms with van der Waals surface area (Å²) in [7, 11) is -1.38. The van der Waals surface area contributed by atoms with Crippen LogP contribution in [0.2, 0.25) is 19.6 Å². The van der Waals surface area contributed by atoms with Crippen molar-refractivity contribution in [1.29, 1.82) is 0 Å². The van der Waals surface area contributed by atoms with Crippen LogP contribution in [-0.4, -0.2) is 14.0 Å². The van der Waals surface area contributed by atoms with Crippen molar-refractivity contribution in [2.24, 2.45) is 0 Å². The van der Waals surface area contributed by atoms with Crippen molar-refractivity contribution in [2.75, 3.05) is 0 Å². The molecule has 0 unspecified atom stereocenters. The Labute approximate surface area is 158 Å². The molecule has 0 atom stereocenters. The number of hydrogen-bond donors (Lipinski definition) is 0. The number of unbranched alkanes of at least 4 members (excludes halogenated alkanes) is 3. The third-order valence-corrected chi connectivity index (χ3v) is 4.75. The fourth-order valence-corrected chi connectivity index (χ4v) is 2.99. The molecule has 0 aliphatic carbocycles. The molecule has 1 aromatic carbocycles. The first-order valence-electron chi connectivity index (χ1n) is 8.83. The summed E-state index contributed by atoms with van der Waals surface area (Å²) in [6.45, 7) is 10.3. The molecule has 0 radical (unpaired) electrons. The summed E-state index contributed by atoms with van der Waals surface area (Å²) in [4.78, 5) is 10.8. The predicted molar refractivity (Wildman–Crippen MR) is 111 cm³/mol. The molecule has 0 aliphatic rings. The highest BCUT2D eigenvalue weighted by Gasteiger charge is 2.08. The molecule has 0 aliphatic heterocycles. The molecular formula is C21H28O2SSi. The van der Waals surface area contributed by atoms with E-state index >= 15 is 0 Å².